The number of rotatable bonds is 1. The van der Waals surface area contributed by atoms with Crippen molar-refractivity contribution in [3.63, 3.8) is 0 Å². The summed E-state index contributed by atoms with van der Waals surface area (Å²) in [6.45, 7) is 4.73. The van der Waals surface area contributed by atoms with Crippen LogP contribution in [0.4, 0.5) is 5.69 Å². The Morgan fingerprint density at radius 2 is 2.12 bits per heavy atom. The van der Waals surface area contributed by atoms with E-state index >= 15 is 0 Å². The monoisotopic (exact) mass is 230 g/mol. The highest BCUT2D eigenvalue weighted by atomic mass is 15.2. The summed E-state index contributed by atoms with van der Waals surface area (Å²) in [6.07, 6.45) is 5.20. The maximum Gasteiger partial charge on any atom is 0.0418 e. The van der Waals surface area contributed by atoms with E-state index in [1.165, 1.54) is 43.5 Å². The van der Waals surface area contributed by atoms with Gasteiger partial charge in [0.1, 0.15) is 0 Å². The molecular formula is C15H22N2. The van der Waals surface area contributed by atoms with Crippen molar-refractivity contribution in [1.82, 2.24) is 5.32 Å². The van der Waals surface area contributed by atoms with Crippen LogP contribution in [0.15, 0.2) is 24.3 Å². The molecule has 1 fully saturated rings. The Hall–Kier alpha value is -1.02. The van der Waals surface area contributed by atoms with Gasteiger partial charge in [-0.2, -0.15) is 0 Å². The number of hydrogen-bond acceptors (Lipinski definition) is 2. The molecule has 1 aromatic carbocycles. The largest absolute Gasteiger partial charge is 0.364 e. The van der Waals surface area contributed by atoms with Gasteiger partial charge in [-0.25, -0.2) is 0 Å². The zero-order chi connectivity index (χ0) is 11.7. The Morgan fingerprint density at radius 3 is 2.94 bits per heavy atom. The number of nitrogens with one attached hydrogen (secondary N) is 1. The fourth-order valence-corrected chi connectivity index (χ4v) is 3.34. The first kappa shape index (κ1) is 11.1. The number of para-hydroxylation sites is 1. The van der Waals surface area contributed by atoms with Crippen LogP contribution in [-0.2, 0) is 6.42 Å². The standard InChI is InChI=1S/C15H22N2/c1-12-8-9-13-5-2-3-7-15(13)17(12)14-6-4-10-16-11-14/h2-3,5,7,12,14,16H,4,6,8-11H2,1H3. The highest BCUT2D eigenvalue weighted by Gasteiger charge is 2.29. The van der Waals surface area contributed by atoms with Gasteiger partial charge in [0.2, 0.25) is 0 Å². The van der Waals surface area contributed by atoms with Gasteiger partial charge in [0.05, 0.1) is 0 Å². The van der Waals surface area contributed by atoms with E-state index in [1.807, 2.05) is 0 Å². The Kier molecular flexibility index (Phi) is 3.06. The molecule has 2 unspecified atom stereocenters. The molecule has 1 saturated heterocycles. The molecule has 17 heavy (non-hydrogen) atoms. The summed E-state index contributed by atoms with van der Waals surface area (Å²) in [7, 11) is 0. The lowest BCUT2D eigenvalue weighted by Crippen LogP contribution is -2.51. The molecule has 0 saturated carbocycles. The lowest BCUT2D eigenvalue weighted by Gasteiger charge is -2.44. The molecule has 3 rings (SSSR count). The molecule has 2 heterocycles. The number of aryl methyl sites for hydroxylation is 1. The van der Waals surface area contributed by atoms with Crippen LogP contribution in [0.5, 0.6) is 0 Å². The SMILES string of the molecule is CC1CCc2ccccc2N1C1CCCNC1. The second-order valence-electron chi connectivity index (χ2n) is 5.42. The molecule has 0 amide bonds. The van der Waals surface area contributed by atoms with E-state index in [0.29, 0.717) is 12.1 Å². The second kappa shape index (κ2) is 4.69. The minimum absolute atomic E-state index is 0.690. The van der Waals surface area contributed by atoms with Crippen LogP contribution < -0.4 is 10.2 Å². The molecule has 0 radical (unpaired) electrons. The van der Waals surface area contributed by atoms with Crippen molar-refractivity contribution >= 4 is 5.69 Å². The molecular weight excluding hydrogens is 208 g/mol. The smallest absolute Gasteiger partial charge is 0.0418 e. The molecule has 2 aliphatic heterocycles. The van der Waals surface area contributed by atoms with Gasteiger partial charge in [-0.1, -0.05) is 18.2 Å². The molecule has 1 aromatic rings. The topological polar surface area (TPSA) is 15.3 Å². The maximum atomic E-state index is 3.54. The number of hydrogen-bond donors (Lipinski definition) is 1. The van der Waals surface area contributed by atoms with Gasteiger partial charge in [0.15, 0.2) is 0 Å². The van der Waals surface area contributed by atoms with Crippen LogP contribution in [0.1, 0.15) is 31.7 Å². The van der Waals surface area contributed by atoms with E-state index in [9.17, 15) is 0 Å². The summed E-state index contributed by atoms with van der Waals surface area (Å²) in [4.78, 5) is 2.67. The first-order valence-electron chi connectivity index (χ1n) is 6.93. The number of nitrogens with zero attached hydrogens (tertiary/aromatic N) is 1. The Morgan fingerprint density at radius 1 is 1.24 bits per heavy atom. The molecule has 92 valence electrons. The molecule has 2 aliphatic rings. The predicted octanol–water partition coefficient (Wildman–Crippen LogP) is 2.58. The number of piperidine rings is 1. The fraction of sp³-hybridized carbons (Fsp3) is 0.600. The lowest BCUT2D eigenvalue weighted by atomic mass is 9.93. The van der Waals surface area contributed by atoms with E-state index in [-0.39, 0.29) is 0 Å². The Labute approximate surface area is 104 Å². The van der Waals surface area contributed by atoms with Crippen molar-refractivity contribution in [3.8, 4) is 0 Å². The summed E-state index contributed by atoms with van der Waals surface area (Å²) in [5, 5.41) is 3.54. The van der Waals surface area contributed by atoms with E-state index in [4.69, 9.17) is 0 Å². The highest BCUT2D eigenvalue weighted by Crippen LogP contribution is 2.33. The minimum Gasteiger partial charge on any atom is -0.364 e. The van der Waals surface area contributed by atoms with Crippen molar-refractivity contribution in [2.45, 2.75) is 44.7 Å². The highest BCUT2D eigenvalue weighted by molar-refractivity contribution is 5.57. The van der Waals surface area contributed by atoms with E-state index in [0.717, 1.165) is 6.54 Å². The summed E-state index contributed by atoms with van der Waals surface area (Å²) in [6, 6.07) is 10.3. The number of fused-ring (bicyclic) bond motifs is 1. The van der Waals surface area contributed by atoms with Crippen LogP contribution in [-0.4, -0.2) is 25.2 Å². The van der Waals surface area contributed by atoms with Crippen molar-refractivity contribution in [3.05, 3.63) is 29.8 Å². The predicted molar refractivity (Wildman–Crippen MR) is 72.6 cm³/mol. The average molecular weight is 230 g/mol. The molecule has 2 atom stereocenters. The van der Waals surface area contributed by atoms with Crippen molar-refractivity contribution < 1.29 is 0 Å². The lowest BCUT2D eigenvalue weighted by molar-refractivity contribution is 0.393. The summed E-state index contributed by atoms with van der Waals surface area (Å²) in [5.74, 6) is 0. The molecule has 0 spiro atoms. The normalized spacial score (nSPS) is 28.9. The van der Waals surface area contributed by atoms with Gasteiger partial charge >= 0.3 is 0 Å². The minimum atomic E-state index is 0.690. The van der Waals surface area contributed by atoms with Gasteiger partial charge in [-0.3, -0.25) is 0 Å². The van der Waals surface area contributed by atoms with E-state index in [2.05, 4.69) is 41.4 Å². The zero-order valence-electron chi connectivity index (χ0n) is 10.7. The van der Waals surface area contributed by atoms with Crippen LogP contribution in [0, 0.1) is 0 Å². The number of anilines is 1. The summed E-state index contributed by atoms with van der Waals surface area (Å²) < 4.78 is 0. The fourth-order valence-electron chi connectivity index (χ4n) is 3.34. The Balaban J connectivity index is 1.91. The van der Waals surface area contributed by atoms with Gasteiger partial charge in [0, 0.05) is 24.3 Å². The van der Waals surface area contributed by atoms with Crippen LogP contribution in [0.2, 0.25) is 0 Å². The first-order valence-corrected chi connectivity index (χ1v) is 6.93. The zero-order valence-corrected chi connectivity index (χ0v) is 10.7. The third-order valence-corrected chi connectivity index (χ3v) is 4.24. The Bertz CT molecular complexity index is 382. The summed E-state index contributed by atoms with van der Waals surface area (Å²) >= 11 is 0. The van der Waals surface area contributed by atoms with Crippen molar-refractivity contribution in [1.29, 1.82) is 0 Å². The molecule has 1 N–H and O–H groups in total. The van der Waals surface area contributed by atoms with Crippen molar-refractivity contribution in [2.24, 2.45) is 0 Å². The third-order valence-electron chi connectivity index (χ3n) is 4.24. The average Bonchev–Trinajstić information content (AvgIpc) is 2.39. The maximum absolute atomic E-state index is 3.54. The van der Waals surface area contributed by atoms with Crippen LogP contribution in [0.25, 0.3) is 0 Å². The van der Waals surface area contributed by atoms with E-state index in [1.54, 1.807) is 0 Å². The van der Waals surface area contributed by atoms with Gasteiger partial charge < -0.3 is 10.2 Å². The van der Waals surface area contributed by atoms with Crippen molar-refractivity contribution in [2.75, 3.05) is 18.0 Å². The molecule has 2 nitrogen and oxygen atoms in total. The van der Waals surface area contributed by atoms with Crippen LogP contribution >= 0.6 is 0 Å². The number of benzene rings is 1. The first-order chi connectivity index (χ1) is 8.36. The molecule has 2 heteroatoms. The van der Waals surface area contributed by atoms with Gasteiger partial charge in [-0.15, -0.1) is 0 Å². The quantitative estimate of drug-likeness (QED) is 0.797. The molecule has 0 aliphatic carbocycles. The molecule has 0 bridgehead atoms. The molecule has 0 aromatic heterocycles. The third kappa shape index (κ3) is 2.06. The van der Waals surface area contributed by atoms with Gasteiger partial charge in [-0.05, 0) is 50.8 Å². The van der Waals surface area contributed by atoms with Crippen LogP contribution in [0.3, 0.4) is 0 Å². The summed E-state index contributed by atoms with van der Waals surface area (Å²) in [5.41, 5.74) is 3.02. The van der Waals surface area contributed by atoms with Gasteiger partial charge in [0.25, 0.3) is 0 Å². The van der Waals surface area contributed by atoms with E-state index < -0.39 is 0 Å². The second-order valence-corrected chi connectivity index (χ2v) is 5.42.